The lowest BCUT2D eigenvalue weighted by Gasteiger charge is -2.44. The Morgan fingerprint density at radius 1 is 1.23 bits per heavy atom. The molecule has 3 heterocycles. The number of piperazine rings is 1. The van der Waals surface area contributed by atoms with Crippen molar-refractivity contribution >= 4 is 16.7 Å². The molecule has 0 amide bonds. The summed E-state index contributed by atoms with van der Waals surface area (Å²) in [5.41, 5.74) is 2.33. The van der Waals surface area contributed by atoms with E-state index in [9.17, 15) is 5.11 Å². The van der Waals surface area contributed by atoms with Crippen molar-refractivity contribution in [1.29, 1.82) is 0 Å². The van der Waals surface area contributed by atoms with E-state index in [0.29, 0.717) is 12.1 Å². The van der Waals surface area contributed by atoms with Gasteiger partial charge in [-0.15, -0.1) is 0 Å². The maximum atomic E-state index is 9.56. The third-order valence-corrected chi connectivity index (χ3v) is 5.95. The van der Waals surface area contributed by atoms with Gasteiger partial charge in [0.05, 0.1) is 5.52 Å². The van der Waals surface area contributed by atoms with Crippen LogP contribution in [0.25, 0.3) is 10.9 Å². The number of fused-ring (bicyclic) bond motifs is 2. The molecule has 4 rings (SSSR count). The van der Waals surface area contributed by atoms with Crippen molar-refractivity contribution in [2.24, 2.45) is 0 Å². The maximum absolute atomic E-state index is 9.56. The molecule has 2 aromatic rings. The first-order valence-electron chi connectivity index (χ1n) is 9.80. The fourth-order valence-corrected chi connectivity index (χ4v) is 4.64. The fourth-order valence-electron chi connectivity index (χ4n) is 4.64. The average molecular weight is 354 g/mol. The number of aliphatic hydroxyl groups excluding tert-OH is 1. The summed E-state index contributed by atoms with van der Waals surface area (Å²) in [6, 6.07) is 11.8. The largest absolute Gasteiger partial charge is 0.396 e. The van der Waals surface area contributed by atoms with Gasteiger partial charge in [-0.2, -0.15) is 0 Å². The van der Waals surface area contributed by atoms with E-state index in [0.717, 1.165) is 37.4 Å². The van der Waals surface area contributed by atoms with Gasteiger partial charge in [0.2, 0.25) is 0 Å². The summed E-state index contributed by atoms with van der Waals surface area (Å²) in [5, 5.41) is 10.8. The van der Waals surface area contributed by atoms with Crippen molar-refractivity contribution < 1.29 is 5.11 Å². The summed E-state index contributed by atoms with van der Waals surface area (Å²) in [7, 11) is 4.14. The van der Waals surface area contributed by atoms with E-state index in [1.54, 1.807) is 0 Å². The Morgan fingerprint density at radius 2 is 2.08 bits per heavy atom. The highest BCUT2D eigenvalue weighted by atomic mass is 16.3. The van der Waals surface area contributed by atoms with Crippen molar-refractivity contribution in [3.8, 4) is 0 Å². The number of hydrogen-bond acceptors (Lipinski definition) is 5. The summed E-state index contributed by atoms with van der Waals surface area (Å²) in [4.78, 5) is 12.2. The van der Waals surface area contributed by atoms with Crippen molar-refractivity contribution in [1.82, 2.24) is 14.8 Å². The molecule has 2 atom stereocenters. The minimum Gasteiger partial charge on any atom is -0.396 e. The summed E-state index contributed by atoms with van der Waals surface area (Å²) in [5.74, 6) is 1.06. The van der Waals surface area contributed by atoms with Crippen LogP contribution in [-0.4, -0.2) is 72.3 Å². The molecule has 0 unspecified atom stereocenters. The summed E-state index contributed by atoms with van der Waals surface area (Å²) < 4.78 is 0. The molecule has 0 aliphatic carbocycles. The Morgan fingerprint density at radius 3 is 2.88 bits per heavy atom. The van der Waals surface area contributed by atoms with E-state index in [4.69, 9.17) is 4.98 Å². The molecular formula is C21H30N4O. The highest BCUT2D eigenvalue weighted by molar-refractivity contribution is 5.81. The van der Waals surface area contributed by atoms with Crippen LogP contribution in [0.2, 0.25) is 0 Å². The third kappa shape index (κ3) is 3.43. The van der Waals surface area contributed by atoms with Gasteiger partial charge in [-0.1, -0.05) is 18.2 Å². The number of benzene rings is 1. The molecule has 26 heavy (non-hydrogen) atoms. The average Bonchev–Trinajstić information content (AvgIpc) is 3.08. The first-order chi connectivity index (χ1) is 12.7. The number of anilines is 1. The molecule has 5 nitrogen and oxygen atoms in total. The van der Waals surface area contributed by atoms with Crippen LogP contribution in [0.5, 0.6) is 0 Å². The zero-order valence-electron chi connectivity index (χ0n) is 15.9. The molecule has 140 valence electrons. The van der Waals surface area contributed by atoms with Gasteiger partial charge in [-0.05, 0) is 37.9 Å². The van der Waals surface area contributed by atoms with E-state index < -0.39 is 0 Å². The molecule has 0 radical (unpaired) electrons. The van der Waals surface area contributed by atoms with Crippen LogP contribution in [0.4, 0.5) is 5.82 Å². The minimum atomic E-state index is 0.260. The molecule has 1 aromatic carbocycles. The van der Waals surface area contributed by atoms with Crippen molar-refractivity contribution in [2.75, 3.05) is 45.2 Å². The second-order valence-electron chi connectivity index (χ2n) is 7.94. The molecule has 1 aromatic heterocycles. The SMILES string of the molecule is CN(C)c1nc2ccccc2cc1CN1C[C@H]2CCCN2C[C@@H]1CCO. The van der Waals surface area contributed by atoms with Crippen molar-refractivity contribution in [2.45, 2.75) is 37.9 Å². The second-order valence-corrected chi connectivity index (χ2v) is 7.94. The summed E-state index contributed by atoms with van der Waals surface area (Å²) in [6.07, 6.45) is 3.46. The van der Waals surface area contributed by atoms with E-state index in [2.05, 4.69) is 53.1 Å². The first-order valence-corrected chi connectivity index (χ1v) is 9.80. The van der Waals surface area contributed by atoms with Gasteiger partial charge in [-0.3, -0.25) is 9.80 Å². The molecule has 5 heteroatoms. The predicted octanol–water partition coefficient (Wildman–Crippen LogP) is 2.33. The van der Waals surface area contributed by atoms with Gasteiger partial charge < -0.3 is 10.0 Å². The molecule has 2 fully saturated rings. The monoisotopic (exact) mass is 354 g/mol. The van der Waals surface area contributed by atoms with Gasteiger partial charge in [-0.25, -0.2) is 4.98 Å². The molecule has 0 bridgehead atoms. The van der Waals surface area contributed by atoms with Crippen molar-refractivity contribution in [3.63, 3.8) is 0 Å². The lowest BCUT2D eigenvalue weighted by Crippen LogP contribution is -2.55. The topological polar surface area (TPSA) is 42.8 Å². The minimum absolute atomic E-state index is 0.260. The van der Waals surface area contributed by atoms with Crippen LogP contribution in [-0.2, 0) is 6.54 Å². The van der Waals surface area contributed by atoms with E-state index in [1.807, 2.05) is 6.07 Å². The highest BCUT2D eigenvalue weighted by Crippen LogP contribution is 2.30. The lowest BCUT2D eigenvalue weighted by molar-refractivity contribution is 0.0334. The Hall–Kier alpha value is -1.69. The lowest BCUT2D eigenvalue weighted by atomic mass is 10.0. The number of hydrogen-bond donors (Lipinski definition) is 1. The smallest absolute Gasteiger partial charge is 0.133 e. The Balaban J connectivity index is 1.64. The fraction of sp³-hybridized carbons (Fsp3) is 0.571. The van der Waals surface area contributed by atoms with Crippen molar-refractivity contribution in [3.05, 3.63) is 35.9 Å². The number of pyridine rings is 1. The van der Waals surface area contributed by atoms with Crippen LogP contribution in [0.15, 0.2) is 30.3 Å². The molecule has 2 aliphatic rings. The van der Waals surface area contributed by atoms with Gasteiger partial charge >= 0.3 is 0 Å². The number of aliphatic hydroxyl groups is 1. The van der Waals surface area contributed by atoms with Gasteiger partial charge in [0.15, 0.2) is 0 Å². The second kappa shape index (κ2) is 7.51. The molecule has 2 saturated heterocycles. The van der Waals surface area contributed by atoms with Crippen LogP contribution < -0.4 is 4.90 Å². The quantitative estimate of drug-likeness (QED) is 0.893. The number of nitrogens with zero attached hydrogens (tertiary/aromatic N) is 4. The highest BCUT2D eigenvalue weighted by Gasteiger charge is 2.36. The van der Waals surface area contributed by atoms with E-state index >= 15 is 0 Å². The Bertz CT molecular complexity index is 763. The van der Waals surface area contributed by atoms with Crippen LogP contribution in [0.1, 0.15) is 24.8 Å². The molecule has 1 N–H and O–H groups in total. The number of para-hydroxylation sites is 1. The zero-order chi connectivity index (χ0) is 18.1. The predicted molar refractivity (Wildman–Crippen MR) is 107 cm³/mol. The van der Waals surface area contributed by atoms with E-state index in [1.165, 1.54) is 30.3 Å². The van der Waals surface area contributed by atoms with Crippen LogP contribution >= 0.6 is 0 Å². The molecule has 0 spiro atoms. The Kier molecular flexibility index (Phi) is 5.11. The van der Waals surface area contributed by atoms with Crippen LogP contribution in [0, 0.1) is 0 Å². The van der Waals surface area contributed by atoms with Crippen LogP contribution in [0.3, 0.4) is 0 Å². The molecule has 0 saturated carbocycles. The Labute approximate surface area is 156 Å². The maximum Gasteiger partial charge on any atom is 0.133 e. The first kappa shape index (κ1) is 17.7. The summed E-state index contributed by atoms with van der Waals surface area (Å²) in [6.45, 7) is 4.57. The van der Waals surface area contributed by atoms with Gasteiger partial charge in [0.1, 0.15) is 5.82 Å². The number of aromatic nitrogens is 1. The summed E-state index contributed by atoms with van der Waals surface area (Å²) >= 11 is 0. The third-order valence-electron chi connectivity index (χ3n) is 5.95. The van der Waals surface area contributed by atoms with Gasteiger partial charge in [0.25, 0.3) is 0 Å². The zero-order valence-corrected chi connectivity index (χ0v) is 15.9. The van der Waals surface area contributed by atoms with Gasteiger partial charge in [0, 0.05) is 63.4 Å². The standard InChI is InChI=1S/C21H30N4O/c1-23(2)21-17(12-16-6-3-4-8-20(16)22-21)13-25-15-18-7-5-10-24(18)14-19(25)9-11-26/h3-4,6,8,12,18-19,26H,5,7,9-11,13-15H2,1-2H3/t18-,19+/m1/s1. The molecular weight excluding hydrogens is 324 g/mol. The normalized spacial score (nSPS) is 24.1. The molecule has 2 aliphatic heterocycles. The number of rotatable bonds is 5. The van der Waals surface area contributed by atoms with E-state index in [-0.39, 0.29) is 6.61 Å².